The molecule has 1 fully saturated rings. The summed E-state index contributed by atoms with van der Waals surface area (Å²) in [7, 11) is 0. The number of hydrogen-bond donors (Lipinski definition) is 0. The van der Waals surface area contributed by atoms with Crippen LogP contribution in [0.1, 0.15) is 25.7 Å². The van der Waals surface area contributed by atoms with Crippen molar-refractivity contribution in [1.82, 2.24) is 0 Å². The van der Waals surface area contributed by atoms with Crippen molar-refractivity contribution in [1.29, 1.82) is 0 Å². The molecule has 0 aromatic rings. The minimum atomic E-state index is -4.17. The van der Waals surface area contributed by atoms with Gasteiger partial charge in [0.15, 0.2) is 0 Å². The molecule has 2 aliphatic carbocycles. The van der Waals surface area contributed by atoms with Gasteiger partial charge < -0.3 is 0 Å². The third kappa shape index (κ3) is 2.09. The highest BCUT2D eigenvalue weighted by atomic mass is 19.4. The second-order valence-corrected chi connectivity index (χ2v) is 3.97. The normalized spacial score (nSPS) is 22.7. The molecule has 3 heteroatoms. The fourth-order valence-electron chi connectivity index (χ4n) is 1.50. The first-order valence-corrected chi connectivity index (χ1v) is 5.00. The van der Waals surface area contributed by atoms with Crippen LogP contribution in [0.3, 0.4) is 0 Å². The van der Waals surface area contributed by atoms with Gasteiger partial charge in [-0.05, 0) is 25.7 Å². The van der Waals surface area contributed by atoms with Gasteiger partial charge in [0.25, 0.3) is 0 Å². The van der Waals surface area contributed by atoms with Gasteiger partial charge in [0.1, 0.15) is 5.41 Å². The molecule has 15 heavy (non-hydrogen) atoms. The summed E-state index contributed by atoms with van der Waals surface area (Å²) in [5.41, 5.74) is -0.976. The van der Waals surface area contributed by atoms with Gasteiger partial charge >= 0.3 is 6.18 Å². The average Bonchev–Trinajstić information content (AvgIpc) is 2.96. The minimum Gasteiger partial charge on any atom is -0.169 e. The van der Waals surface area contributed by atoms with Gasteiger partial charge in [0.2, 0.25) is 0 Å². The van der Waals surface area contributed by atoms with Gasteiger partial charge in [-0.2, -0.15) is 13.2 Å². The number of halogens is 3. The zero-order valence-electron chi connectivity index (χ0n) is 8.19. The summed E-state index contributed by atoms with van der Waals surface area (Å²) in [4.78, 5) is 0. The van der Waals surface area contributed by atoms with Crippen molar-refractivity contribution in [2.75, 3.05) is 0 Å². The van der Waals surface area contributed by atoms with Gasteiger partial charge in [-0.3, -0.25) is 0 Å². The van der Waals surface area contributed by atoms with Crippen molar-refractivity contribution in [3.05, 3.63) is 23.8 Å². The standard InChI is InChI=1S/C12H11F3/c13-12(14,15)11(8-9-11)7-6-10-4-2-1-3-5-10/h2,4-5H,1,3,8-9H2. The Morgan fingerprint density at radius 2 is 1.93 bits per heavy atom. The molecule has 0 amide bonds. The summed E-state index contributed by atoms with van der Waals surface area (Å²) < 4.78 is 37.5. The molecule has 2 aliphatic rings. The number of alkyl halides is 3. The number of rotatable bonds is 0. The SMILES string of the molecule is FC(F)(F)C1(C#CC2=CCCC=C2)CC1. The lowest BCUT2D eigenvalue weighted by Crippen LogP contribution is -2.22. The molecule has 1 saturated carbocycles. The van der Waals surface area contributed by atoms with Gasteiger partial charge in [-0.25, -0.2) is 0 Å². The molecular formula is C12H11F3. The van der Waals surface area contributed by atoms with Crippen LogP contribution in [0.4, 0.5) is 13.2 Å². The predicted octanol–water partition coefficient (Wildman–Crippen LogP) is 3.61. The van der Waals surface area contributed by atoms with E-state index in [2.05, 4.69) is 11.8 Å². The highest BCUT2D eigenvalue weighted by molar-refractivity contribution is 5.42. The minimum absolute atomic E-state index is 0.153. The number of hydrogen-bond acceptors (Lipinski definition) is 0. The lowest BCUT2D eigenvalue weighted by atomic mass is 10.0. The van der Waals surface area contributed by atoms with E-state index in [0.717, 1.165) is 18.4 Å². The Morgan fingerprint density at radius 1 is 1.20 bits per heavy atom. The Balaban J connectivity index is 2.12. The van der Waals surface area contributed by atoms with Crippen LogP contribution in [0, 0.1) is 17.3 Å². The second-order valence-electron chi connectivity index (χ2n) is 3.97. The van der Waals surface area contributed by atoms with Gasteiger partial charge in [0, 0.05) is 5.57 Å². The molecule has 0 aliphatic heterocycles. The molecule has 0 nitrogen and oxygen atoms in total. The largest absolute Gasteiger partial charge is 0.405 e. The molecule has 80 valence electrons. The predicted molar refractivity (Wildman–Crippen MR) is 52.0 cm³/mol. The lowest BCUT2D eigenvalue weighted by molar-refractivity contribution is -0.168. The summed E-state index contributed by atoms with van der Waals surface area (Å²) in [6.45, 7) is 0. The Kier molecular flexibility index (Phi) is 2.38. The molecule has 0 saturated heterocycles. The maximum absolute atomic E-state index is 12.5. The summed E-state index contributed by atoms with van der Waals surface area (Å²) in [5.74, 6) is 5.02. The molecule has 0 atom stereocenters. The second kappa shape index (κ2) is 3.44. The van der Waals surface area contributed by atoms with Crippen LogP contribution >= 0.6 is 0 Å². The number of allylic oxidation sites excluding steroid dienone is 4. The highest BCUT2D eigenvalue weighted by Gasteiger charge is 2.62. The maximum atomic E-state index is 12.5. The Labute approximate surface area is 86.9 Å². The van der Waals surface area contributed by atoms with Crippen molar-refractivity contribution >= 4 is 0 Å². The van der Waals surface area contributed by atoms with Gasteiger partial charge in [-0.15, -0.1) is 0 Å². The molecule has 0 spiro atoms. The molecule has 0 N–H and O–H groups in total. The molecule has 2 rings (SSSR count). The Bertz CT molecular complexity index is 370. The van der Waals surface area contributed by atoms with Crippen LogP contribution in [0.2, 0.25) is 0 Å². The summed E-state index contributed by atoms with van der Waals surface area (Å²) in [5, 5.41) is 0. The molecule has 0 bridgehead atoms. The van der Waals surface area contributed by atoms with Crippen LogP contribution in [0.25, 0.3) is 0 Å². The van der Waals surface area contributed by atoms with E-state index in [4.69, 9.17) is 0 Å². The van der Waals surface area contributed by atoms with Gasteiger partial charge in [0.05, 0.1) is 0 Å². The van der Waals surface area contributed by atoms with Crippen LogP contribution in [-0.2, 0) is 0 Å². The smallest absolute Gasteiger partial charge is 0.169 e. The van der Waals surface area contributed by atoms with Crippen molar-refractivity contribution in [2.24, 2.45) is 5.41 Å². The zero-order valence-corrected chi connectivity index (χ0v) is 8.19. The maximum Gasteiger partial charge on any atom is 0.405 e. The van der Waals surface area contributed by atoms with E-state index in [9.17, 15) is 13.2 Å². The highest BCUT2D eigenvalue weighted by Crippen LogP contribution is 2.57. The molecule has 0 unspecified atom stereocenters. The van der Waals surface area contributed by atoms with E-state index in [0.29, 0.717) is 0 Å². The third-order valence-electron chi connectivity index (χ3n) is 2.73. The monoisotopic (exact) mass is 212 g/mol. The molecule has 0 heterocycles. The summed E-state index contributed by atoms with van der Waals surface area (Å²) >= 11 is 0. The Morgan fingerprint density at radius 3 is 2.40 bits per heavy atom. The van der Waals surface area contributed by atoms with E-state index in [1.807, 2.05) is 12.2 Å². The zero-order chi connectivity index (χ0) is 10.9. The Hall–Kier alpha value is -1.17. The van der Waals surface area contributed by atoms with E-state index < -0.39 is 11.6 Å². The van der Waals surface area contributed by atoms with Crippen molar-refractivity contribution in [3.63, 3.8) is 0 Å². The summed E-state index contributed by atoms with van der Waals surface area (Å²) in [6, 6.07) is 0. The molecule has 0 aromatic heterocycles. The first kappa shape index (κ1) is 10.4. The lowest BCUT2D eigenvalue weighted by Gasteiger charge is -2.11. The van der Waals surface area contributed by atoms with E-state index >= 15 is 0 Å². The average molecular weight is 212 g/mol. The van der Waals surface area contributed by atoms with Crippen LogP contribution in [0.15, 0.2) is 23.8 Å². The van der Waals surface area contributed by atoms with E-state index in [-0.39, 0.29) is 12.8 Å². The fourth-order valence-corrected chi connectivity index (χ4v) is 1.50. The van der Waals surface area contributed by atoms with Crippen molar-refractivity contribution in [3.8, 4) is 11.8 Å². The first-order chi connectivity index (χ1) is 7.04. The quantitative estimate of drug-likeness (QED) is 0.538. The van der Waals surface area contributed by atoms with Crippen LogP contribution < -0.4 is 0 Å². The van der Waals surface area contributed by atoms with Crippen LogP contribution in [0.5, 0.6) is 0 Å². The topological polar surface area (TPSA) is 0 Å². The van der Waals surface area contributed by atoms with Crippen molar-refractivity contribution in [2.45, 2.75) is 31.9 Å². The third-order valence-corrected chi connectivity index (χ3v) is 2.73. The molecular weight excluding hydrogens is 201 g/mol. The van der Waals surface area contributed by atoms with Gasteiger partial charge in [-0.1, -0.05) is 30.1 Å². The summed E-state index contributed by atoms with van der Waals surface area (Å²) in [6.07, 6.45) is 3.59. The molecule has 0 aromatic carbocycles. The van der Waals surface area contributed by atoms with Crippen LogP contribution in [-0.4, -0.2) is 6.18 Å². The van der Waals surface area contributed by atoms with E-state index in [1.54, 1.807) is 6.08 Å². The first-order valence-electron chi connectivity index (χ1n) is 5.00. The van der Waals surface area contributed by atoms with Crippen molar-refractivity contribution < 1.29 is 13.2 Å². The fraction of sp³-hybridized carbons (Fsp3) is 0.500. The van der Waals surface area contributed by atoms with E-state index in [1.165, 1.54) is 0 Å². The molecule has 0 radical (unpaired) electrons.